The first-order valence-corrected chi connectivity index (χ1v) is 8.82. The summed E-state index contributed by atoms with van der Waals surface area (Å²) in [5.74, 6) is 0.306. The highest BCUT2D eigenvalue weighted by atomic mass is 32.1. The molecule has 1 amide bonds. The van der Waals surface area contributed by atoms with Gasteiger partial charge in [0, 0.05) is 45.2 Å². The molecule has 0 aliphatic rings. The number of nitrogens with zero attached hydrogens (tertiary/aromatic N) is 5. The maximum Gasteiger partial charge on any atom is 0.293 e. The Morgan fingerprint density at radius 1 is 1.37 bits per heavy atom. The molecular weight excluding hydrogens is 368 g/mol. The number of imidazole rings is 1. The Bertz CT molecular complexity index is 1020. The number of hydrogen-bond acceptors (Lipinski definition) is 7. The van der Waals surface area contributed by atoms with Crippen molar-refractivity contribution in [2.45, 2.75) is 6.92 Å². The van der Waals surface area contributed by atoms with Gasteiger partial charge in [-0.1, -0.05) is 11.3 Å². The number of carbonyl (C=O) groups is 1. The Balaban J connectivity index is 1.87. The molecule has 0 aliphatic heterocycles. The molecule has 0 aliphatic carbocycles. The zero-order valence-electron chi connectivity index (χ0n) is 15.3. The highest BCUT2D eigenvalue weighted by Crippen LogP contribution is 2.32. The third kappa shape index (κ3) is 3.65. The maximum atomic E-state index is 12.5. The third-order valence-electron chi connectivity index (χ3n) is 3.96. The number of nitro groups is 1. The number of aryl methyl sites for hydroxylation is 2. The van der Waals surface area contributed by atoms with Gasteiger partial charge in [-0.3, -0.25) is 20.2 Å². The van der Waals surface area contributed by atoms with Crippen molar-refractivity contribution in [3.8, 4) is 10.7 Å². The van der Waals surface area contributed by atoms with Crippen LogP contribution in [-0.4, -0.2) is 39.5 Å². The van der Waals surface area contributed by atoms with Crippen molar-refractivity contribution in [2.24, 2.45) is 7.05 Å². The Hall–Kier alpha value is -3.27. The van der Waals surface area contributed by atoms with Crippen LogP contribution in [-0.2, 0) is 7.05 Å². The summed E-state index contributed by atoms with van der Waals surface area (Å²) in [7, 11) is 5.30. The second kappa shape index (κ2) is 7.16. The van der Waals surface area contributed by atoms with E-state index in [-0.39, 0.29) is 11.3 Å². The molecule has 10 heteroatoms. The summed E-state index contributed by atoms with van der Waals surface area (Å²) in [6, 6.07) is 4.38. The number of hydrogen-bond donors (Lipinski definition) is 1. The zero-order valence-corrected chi connectivity index (χ0v) is 16.1. The van der Waals surface area contributed by atoms with Crippen molar-refractivity contribution in [3.63, 3.8) is 0 Å². The SMILES string of the molecule is Cc1nc(NC(=O)c2ccc(N(C)C)c([N+](=O)[O-])c2)sc1-c1nccn1C. The minimum absolute atomic E-state index is 0.128. The van der Waals surface area contributed by atoms with Gasteiger partial charge in [0.25, 0.3) is 11.6 Å². The van der Waals surface area contributed by atoms with E-state index in [2.05, 4.69) is 15.3 Å². The Morgan fingerprint density at radius 3 is 2.70 bits per heavy atom. The van der Waals surface area contributed by atoms with Gasteiger partial charge in [0.15, 0.2) is 11.0 Å². The van der Waals surface area contributed by atoms with E-state index >= 15 is 0 Å². The molecule has 9 nitrogen and oxygen atoms in total. The van der Waals surface area contributed by atoms with Crippen LogP contribution < -0.4 is 10.2 Å². The average Bonchev–Trinajstić information content (AvgIpc) is 3.19. The van der Waals surface area contributed by atoms with E-state index in [1.54, 1.807) is 37.3 Å². The van der Waals surface area contributed by atoms with Gasteiger partial charge in [0.1, 0.15) is 5.69 Å². The molecule has 2 heterocycles. The van der Waals surface area contributed by atoms with Crippen molar-refractivity contribution >= 4 is 33.8 Å². The first kappa shape index (κ1) is 18.5. The van der Waals surface area contributed by atoms with Gasteiger partial charge in [-0.25, -0.2) is 9.97 Å². The minimum atomic E-state index is -0.501. The number of benzene rings is 1. The van der Waals surface area contributed by atoms with Crippen molar-refractivity contribution in [1.29, 1.82) is 0 Å². The van der Waals surface area contributed by atoms with Crippen LogP contribution >= 0.6 is 11.3 Å². The maximum absolute atomic E-state index is 12.5. The number of anilines is 2. The van der Waals surface area contributed by atoms with Crippen molar-refractivity contribution < 1.29 is 9.72 Å². The molecule has 0 unspecified atom stereocenters. The van der Waals surface area contributed by atoms with E-state index in [9.17, 15) is 14.9 Å². The number of nitro benzene ring substituents is 1. The molecule has 0 saturated carbocycles. The van der Waals surface area contributed by atoms with Gasteiger partial charge < -0.3 is 9.47 Å². The van der Waals surface area contributed by atoms with Crippen molar-refractivity contribution in [1.82, 2.24) is 14.5 Å². The fourth-order valence-electron chi connectivity index (χ4n) is 2.60. The molecule has 0 spiro atoms. The van der Waals surface area contributed by atoms with E-state index in [4.69, 9.17) is 0 Å². The predicted octanol–water partition coefficient (Wildman–Crippen LogP) is 3.08. The van der Waals surface area contributed by atoms with Crippen LogP contribution in [0.4, 0.5) is 16.5 Å². The molecule has 0 atom stereocenters. The largest absolute Gasteiger partial charge is 0.372 e. The van der Waals surface area contributed by atoms with E-state index < -0.39 is 10.8 Å². The lowest BCUT2D eigenvalue weighted by Crippen LogP contribution is -2.14. The molecule has 0 fully saturated rings. The lowest BCUT2D eigenvalue weighted by molar-refractivity contribution is -0.384. The standard InChI is InChI=1S/C17H18N6O3S/c1-10-14(15-18-7-8-22(15)4)27-17(19-10)20-16(24)11-5-6-12(21(2)3)13(9-11)23(25)26/h5-9H,1-4H3,(H,19,20,24). The van der Waals surface area contributed by atoms with Crippen LogP contribution in [0, 0.1) is 17.0 Å². The number of thiazole rings is 1. The molecule has 140 valence electrons. The Labute approximate surface area is 159 Å². The lowest BCUT2D eigenvalue weighted by atomic mass is 10.1. The summed E-state index contributed by atoms with van der Waals surface area (Å²) < 4.78 is 1.87. The number of amides is 1. The quantitative estimate of drug-likeness (QED) is 0.533. The molecule has 0 saturated heterocycles. The van der Waals surface area contributed by atoms with Crippen molar-refractivity contribution in [2.75, 3.05) is 24.3 Å². The van der Waals surface area contributed by atoms with E-state index in [1.165, 1.54) is 17.4 Å². The molecule has 1 N–H and O–H groups in total. The van der Waals surface area contributed by atoms with Gasteiger partial charge in [0.05, 0.1) is 15.5 Å². The topological polar surface area (TPSA) is 106 Å². The summed E-state index contributed by atoms with van der Waals surface area (Å²) in [4.78, 5) is 34.5. The average molecular weight is 386 g/mol. The van der Waals surface area contributed by atoms with Crippen LogP contribution in [0.3, 0.4) is 0 Å². The second-order valence-electron chi connectivity index (χ2n) is 6.10. The van der Waals surface area contributed by atoms with Crippen LogP contribution in [0.15, 0.2) is 30.6 Å². The summed E-state index contributed by atoms with van der Waals surface area (Å²) in [6.07, 6.45) is 3.52. The molecule has 3 aromatic rings. The fourth-order valence-corrected chi connectivity index (χ4v) is 3.60. The number of aromatic nitrogens is 3. The van der Waals surface area contributed by atoms with Gasteiger partial charge in [-0.15, -0.1) is 0 Å². The smallest absolute Gasteiger partial charge is 0.293 e. The fraction of sp³-hybridized carbons (Fsp3) is 0.235. The molecule has 0 bridgehead atoms. The van der Waals surface area contributed by atoms with E-state index in [0.29, 0.717) is 10.8 Å². The van der Waals surface area contributed by atoms with Crippen LogP contribution in [0.1, 0.15) is 16.1 Å². The molecule has 2 aromatic heterocycles. The Kier molecular flexibility index (Phi) is 4.91. The van der Waals surface area contributed by atoms with Crippen LogP contribution in [0.2, 0.25) is 0 Å². The van der Waals surface area contributed by atoms with Gasteiger partial charge >= 0.3 is 0 Å². The van der Waals surface area contributed by atoms with Gasteiger partial charge in [0.2, 0.25) is 0 Å². The third-order valence-corrected chi connectivity index (χ3v) is 5.03. The molecular formula is C17H18N6O3S. The number of carbonyl (C=O) groups excluding carboxylic acids is 1. The zero-order chi connectivity index (χ0) is 19.7. The molecule has 27 heavy (non-hydrogen) atoms. The minimum Gasteiger partial charge on any atom is -0.372 e. The predicted molar refractivity (Wildman–Crippen MR) is 104 cm³/mol. The first-order valence-electron chi connectivity index (χ1n) is 8.00. The van der Waals surface area contributed by atoms with Gasteiger partial charge in [-0.2, -0.15) is 0 Å². The number of rotatable bonds is 5. The summed E-state index contributed by atoms with van der Waals surface area (Å²) in [5.41, 5.74) is 1.24. The summed E-state index contributed by atoms with van der Waals surface area (Å²) >= 11 is 1.30. The monoisotopic (exact) mass is 386 g/mol. The summed E-state index contributed by atoms with van der Waals surface area (Å²) in [5, 5.41) is 14.4. The lowest BCUT2D eigenvalue weighted by Gasteiger charge is -2.13. The van der Waals surface area contributed by atoms with E-state index in [1.807, 2.05) is 24.7 Å². The Morgan fingerprint density at radius 2 is 2.11 bits per heavy atom. The van der Waals surface area contributed by atoms with Crippen molar-refractivity contribution in [3.05, 3.63) is 52.0 Å². The molecule has 3 rings (SSSR count). The van der Waals surface area contributed by atoms with Crippen LogP contribution in [0.5, 0.6) is 0 Å². The number of nitrogens with one attached hydrogen (secondary N) is 1. The summed E-state index contributed by atoms with van der Waals surface area (Å²) in [6.45, 7) is 1.84. The highest BCUT2D eigenvalue weighted by Gasteiger charge is 2.20. The highest BCUT2D eigenvalue weighted by molar-refractivity contribution is 7.19. The van der Waals surface area contributed by atoms with Crippen LogP contribution in [0.25, 0.3) is 10.7 Å². The second-order valence-corrected chi connectivity index (χ2v) is 7.10. The molecule has 0 radical (unpaired) electrons. The van der Waals surface area contributed by atoms with Gasteiger partial charge in [-0.05, 0) is 19.1 Å². The van der Waals surface area contributed by atoms with E-state index in [0.717, 1.165) is 16.4 Å². The normalized spacial score (nSPS) is 10.7. The first-order chi connectivity index (χ1) is 12.8. The molecule has 1 aromatic carbocycles.